The molecule has 0 spiro atoms. The van der Waals surface area contributed by atoms with E-state index in [0.29, 0.717) is 34.5 Å². The largest absolute Gasteiger partial charge is 0.486 e. The maximum atomic E-state index is 11.6. The Morgan fingerprint density at radius 1 is 1.42 bits per heavy atom. The molecule has 0 aromatic carbocycles. The number of thiophene rings is 1. The number of anilines is 2. The van der Waals surface area contributed by atoms with Gasteiger partial charge in [-0.05, 0) is 13.8 Å². The molecule has 1 aromatic rings. The Labute approximate surface area is 116 Å². The predicted molar refractivity (Wildman–Crippen MR) is 76.2 cm³/mol. The molecule has 0 aliphatic heterocycles. The molecule has 0 atom stereocenters. The first-order valence-corrected chi connectivity index (χ1v) is 6.72. The lowest BCUT2D eigenvalue weighted by atomic mass is 10.3. The number of carbonyl (C=O) groups is 1. The molecule has 0 amide bonds. The normalized spacial score (nSPS) is 10.6. The number of methoxy groups -OCH3 is 2. The van der Waals surface area contributed by atoms with E-state index in [1.165, 1.54) is 18.4 Å². The zero-order valence-corrected chi connectivity index (χ0v) is 12.4. The van der Waals surface area contributed by atoms with Crippen LogP contribution in [0.15, 0.2) is 0 Å². The highest BCUT2D eigenvalue weighted by Crippen LogP contribution is 2.43. The van der Waals surface area contributed by atoms with E-state index in [1.54, 1.807) is 7.11 Å². The highest BCUT2D eigenvalue weighted by Gasteiger charge is 2.23. The summed E-state index contributed by atoms with van der Waals surface area (Å²) in [5.41, 5.74) is 6.26. The molecule has 0 unspecified atom stereocenters. The highest BCUT2D eigenvalue weighted by atomic mass is 32.1. The fraction of sp³-hybridized carbons (Fsp3) is 0.583. The molecular formula is C12H20N2O4S. The third-order valence-corrected chi connectivity index (χ3v) is 3.34. The third-order valence-electron chi connectivity index (χ3n) is 2.22. The van der Waals surface area contributed by atoms with Crippen LogP contribution in [0.4, 0.5) is 10.7 Å². The van der Waals surface area contributed by atoms with Gasteiger partial charge in [-0.3, -0.25) is 0 Å². The molecule has 19 heavy (non-hydrogen) atoms. The van der Waals surface area contributed by atoms with Gasteiger partial charge in [0.05, 0.1) is 19.8 Å². The van der Waals surface area contributed by atoms with Crippen molar-refractivity contribution in [3.63, 3.8) is 0 Å². The van der Waals surface area contributed by atoms with Crippen LogP contribution in [0.5, 0.6) is 5.75 Å². The second kappa shape index (κ2) is 7.20. The molecule has 0 radical (unpaired) electrons. The molecule has 1 heterocycles. The minimum absolute atomic E-state index is 0.0367. The lowest BCUT2D eigenvalue weighted by Gasteiger charge is -2.12. The standard InChI is InChI=1S/C12H20N2O4S/c1-7(2)18-9-8(13)10(12(15)17-4)19-11(9)14-5-6-16-3/h7,14H,5-6,13H2,1-4H3. The fourth-order valence-corrected chi connectivity index (χ4v) is 2.41. The molecule has 1 rings (SSSR count). The lowest BCUT2D eigenvalue weighted by molar-refractivity contribution is 0.0607. The van der Waals surface area contributed by atoms with Gasteiger partial charge in [0.15, 0.2) is 5.75 Å². The van der Waals surface area contributed by atoms with E-state index in [9.17, 15) is 4.79 Å². The second-order valence-corrected chi connectivity index (χ2v) is 5.10. The number of hydrogen-bond acceptors (Lipinski definition) is 7. The number of nitrogen functional groups attached to an aromatic ring is 1. The van der Waals surface area contributed by atoms with E-state index in [0.717, 1.165) is 0 Å². The van der Waals surface area contributed by atoms with Crippen LogP contribution in [0.3, 0.4) is 0 Å². The van der Waals surface area contributed by atoms with Gasteiger partial charge in [-0.1, -0.05) is 0 Å². The van der Waals surface area contributed by atoms with Crippen molar-refractivity contribution in [2.45, 2.75) is 20.0 Å². The van der Waals surface area contributed by atoms with Crippen molar-refractivity contribution < 1.29 is 19.0 Å². The summed E-state index contributed by atoms with van der Waals surface area (Å²) in [5.74, 6) is 0.0346. The Morgan fingerprint density at radius 2 is 2.11 bits per heavy atom. The minimum atomic E-state index is -0.462. The van der Waals surface area contributed by atoms with E-state index in [4.69, 9.17) is 19.9 Å². The number of ether oxygens (including phenoxy) is 3. The van der Waals surface area contributed by atoms with Gasteiger partial charge in [-0.25, -0.2) is 4.79 Å². The molecule has 6 nitrogen and oxygen atoms in total. The molecule has 7 heteroatoms. The minimum Gasteiger partial charge on any atom is -0.486 e. The van der Waals surface area contributed by atoms with Crippen LogP contribution in [0.1, 0.15) is 23.5 Å². The third kappa shape index (κ3) is 4.00. The number of nitrogens with one attached hydrogen (secondary N) is 1. The molecular weight excluding hydrogens is 268 g/mol. The van der Waals surface area contributed by atoms with Gasteiger partial charge in [0, 0.05) is 13.7 Å². The van der Waals surface area contributed by atoms with Gasteiger partial charge in [0.25, 0.3) is 0 Å². The van der Waals surface area contributed by atoms with Gasteiger partial charge in [-0.15, -0.1) is 11.3 Å². The smallest absolute Gasteiger partial charge is 0.350 e. The average Bonchev–Trinajstić information content (AvgIpc) is 2.66. The summed E-state index contributed by atoms with van der Waals surface area (Å²) >= 11 is 1.22. The van der Waals surface area contributed by atoms with Gasteiger partial charge < -0.3 is 25.3 Å². The molecule has 0 fully saturated rings. The second-order valence-electron chi connectivity index (χ2n) is 4.08. The van der Waals surface area contributed by atoms with Crippen molar-refractivity contribution >= 4 is 28.0 Å². The number of carbonyl (C=O) groups excluding carboxylic acids is 1. The van der Waals surface area contributed by atoms with E-state index in [-0.39, 0.29) is 6.10 Å². The van der Waals surface area contributed by atoms with Crippen LogP contribution >= 0.6 is 11.3 Å². The topological polar surface area (TPSA) is 82.8 Å². The Kier molecular flexibility index (Phi) is 5.91. The van der Waals surface area contributed by atoms with Crippen molar-refractivity contribution in [3.05, 3.63) is 4.88 Å². The summed E-state index contributed by atoms with van der Waals surface area (Å²) in [4.78, 5) is 12.0. The van der Waals surface area contributed by atoms with Crippen LogP contribution in [0.2, 0.25) is 0 Å². The number of nitrogens with two attached hydrogens (primary N) is 1. The van der Waals surface area contributed by atoms with E-state index in [2.05, 4.69) is 5.32 Å². The van der Waals surface area contributed by atoms with Crippen LogP contribution in [-0.4, -0.2) is 39.4 Å². The first kappa shape index (κ1) is 15.6. The van der Waals surface area contributed by atoms with Gasteiger partial charge in [0.2, 0.25) is 0 Å². The van der Waals surface area contributed by atoms with E-state index in [1.807, 2.05) is 13.8 Å². The molecule has 3 N–H and O–H groups in total. The van der Waals surface area contributed by atoms with E-state index < -0.39 is 5.97 Å². The summed E-state index contributed by atoms with van der Waals surface area (Å²) < 4.78 is 15.3. The summed E-state index contributed by atoms with van der Waals surface area (Å²) in [6.07, 6.45) is -0.0367. The van der Waals surface area contributed by atoms with Crippen molar-refractivity contribution in [3.8, 4) is 5.75 Å². The first-order chi connectivity index (χ1) is 9.01. The average molecular weight is 288 g/mol. The Balaban J connectivity index is 3.01. The van der Waals surface area contributed by atoms with Gasteiger partial charge in [0.1, 0.15) is 15.6 Å². The van der Waals surface area contributed by atoms with Crippen LogP contribution < -0.4 is 15.8 Å². The van der Waals surface area contributed by atoms with Crippen molar-refractivity contribution in [1.29, 1.82) is 0 Å². The van der Waals surface area contributed by atoms with Crippen molar-refractivity contribution in [2.24, 2.45) is 0 Å². The maximum absolute atomic E-state index is 11.6. The molecule has 0 aliphatic carbocycles. The zero-order valence-electron chi connectivity index (χ0n) is 11.6. The molecule has 0 saturated carbocycles. The quantitative estimate of drug-likeness (QED) is 0.589. The molecule has 1 aromatic heterocycles. The van der Waals surface area contributed by atoms with Crippen molar-refractivity contribution in [1.82, 2.24) is 0 Å². The fourth-order valence-electron chi connectivity index (χ4n) is 1.41. The van der Waals surface area contributed by atoms with E-state index >= 15 is 0 Å². The molecule has 0 bridgehead atoms. The Hall–Kier alpha value is -1.47. The van der Waals surface area contributed by atoms with Crippen LogP contribution in [-0.2, 0) is 9.47 Å². The van der Waals surface area contributed by atoms with Gasteiger partial charge >= 0.3 is 5.97 Å². The monoisotopic (exact) mass is 288 g/mol. The molecule has 108 valence electrons. The summed E-state index contributed by atoms with van der Waals surface area (Å²) in [7, 11) is 2.94. The Morgan fingerprint density at radius 3 is 2.63 bits per heavy atom. The summed E-state index contributed by atoms with van der Waals surface area (Å²) in [6, 6.07) is 0. The maximum Gasteiger partial charge on any atom is 0.350 e. The SMILES string of the molecule is COCCNc1sc(C(=O)OC)c(N)c1OC(C)C. The van der Waals surface area contributed by atoms with Crippen LogP contribution in [0.25, 0.3) is 0 Å². The van der Waals surface area contributed by atoms with Crippen molar-refractivity contribution in [2.75, 3.05) is 38.4 Å². The summed E-state index contributed by atoms with van der Waals surface area (Å²) in [5, 5.41) is 3.85. The summed E-state index contributed by atoms with van der Waals surface area (Å²) in [6.45, 7) is 4.94. The first-order valence-electron chi connectivity index (χ1n) is 5.91. The predicted octanol–water partition coefficient (Wildman–Crippen LogP) is 1.96. The van der Waals surface area contributed by atoms with Gasteiger partial charge in [-0.2, -0.15) is 0 Å². The Bertz CT molecular complexity index is 432. The number of esters is 1. The molecule has 0 saturated heterocycles. The zero-order chi connectivity index (χ0) is 14.4. The number of hydrogen-bond donors (Lipinski definition) is 2. The lowest BCUT2D eigenvalue weighted by Crippen LogP contribution is -2.11. The number of rotatable bonds is 7. The molecule has 0 aliphatic rings. The van der Waals surface area contributed by atoms with Crippen LogP contribution in [0, 0.1) is 0 Å². The highest BCUT2D eigenvalue weighted by molar-refractivity contribution is 7.19.